The smallest absolute Gasteiger partial charge is 0.325 e. The number of imide groups is 1. The lowest BCUT2D eigenvalue weighted by Gasteiger charge is -2.22. The molecular weight excluding hydrogens is 430 g/mol. The number of aromatic nitrogens is 2. The van der Waals surface area contributed by atoms with Gasteiger partial charge in [0.25, 0.3) is 5.91 Å². The summed E-state index contributed by atoms with van der Waals surface area (Å²) < 4.78 is 1.91. The number of hydrogen-bond acceptors (Lipinski definition) is 4. The van der Waals surface area contributed by atoms with Gasteiger partial charge in [0.05, 0.1) is 12.2 Å². The Morgan fingerprint density at radius 2 is 1.71 bits per heavy atom. The van der Waals surface area contributed by atoms with Crippen molar-refractivity contribution in [1.82, 2.24) is 25.3 Å². The van der Waals surface area contributed by atoms with Gasteiger partial charge in [-0.2, -0.15) is 5.10 Å². The van der Waals surface area contributed by atoms with Crippen LogP contribution in [-0.2, 0) is 28.2 Å². The van der Waals surface area contributed by atoms with E-state index in [1.54, 1.807) is 6.92 Å². The molecule has 4 amide bonds. The van der Waals surface area contributed by atoms with Gasteiger partial charge in [-0.3, -0.25) is 19.2 Å². The Morgan fingerprint density at radius 3 is 2.38 bits per heavy atom. The monoisotopic (exact) mass is 459 g/mol. The van der Waals surface area contributed by atoms with Crippen molar-refractivity contribution >= 4 is 17.8 Å². The van der Waals surface area contributed by atoms with Crippen LogP contribution >= 0.6 is 0 Å². The summed E-state index contributed by atoms with van der Waals surface area (Å²) in [5, 5.41) is 10.2. The minimum absolute atomic E-state index is 0.268. The molecule has 3 aromatic rings. The Balaban J connectivity index is 1.40. The van der Waals surface area contributed by atoms with Crippen LogP contribution in [0.15, 0.2) is 54.6 Å². The molecule has 1 aliphatic rings. The van der Waals surface area contributed by atoms with Crippen LogP contribution in [-0.4, -0.2) is 39.1 Å². The first-order chi connectivity index (χ1) is 16.2. The van der Waals surface area contributed by atoms with Gasteiger partial charge in [0.15, 0.2) is 0 Å². The molecule has 2 aromatic carbocycles. The molecule has 8 heteroatoms. The quantitative estimate of drug-likeness (QED) is 0.531. The molecule has 1 saturated heterocycles. The molecule has 4 rings (SSSR count). The minimum Gasteiger partial charge on any atom is -0.350 e. The van der Waals surface area contributed by atoms with Crippen LogP contribution in [0.3, 0.4) is 0 Å². The first-order valence-electron chi connectivity index (χ1n) is 11.2. The minimum atomic E-state index is -1.20. The summed E-state index contributed by atoms with van der Waals surface area (Å²) in [6.07, 6.45) is 0. The Morgan fingerprint density at radius 1 is 1.03 bits per heavy atom. The fourth-order valence-corrected chi connectivity index (χ4v) is 4.21. The van der Waals surface area contributed by atoms with Crippen LogP contribution in [0.25, 0.3) is 0 Å². The molecule has 0 aliphatic carbocycles. The molecule has 2 N–H and O–H groups in total. The molecule has 176 valence electrons. The van der Waals surface area contributed by atoms with Gasteiger partial charge in [0.1, 0.15) is 12.1 Å². The number of benzene rings is 2. The number of nitrogens with zero attached hydrogens (tertiary/aromatic N) is 3. The number of amides is 4. The Hall–Kier alpha value is -3.94. The van der Waals surface area contributed by atoms with Gasteiger partial charge in [0.2, 0.25) is 5.91 Å². The highest BCUT2D eigenvalue weighted by atomic mass is 16.2. The Labute approximate surface area is 199 Å². The Kier molecular flexibility index (Phi) is 6.24. The van der Waals surface area contributed by atoms with Gasteiger partial charge in [-0.1, -0.05) is 60.2 Å². The molecule has 2 heterocycles. The first-order valence-corrected chi connectivity index (χ1v) is 11.2. The second-order valence-corrected chi connectivity index (χ2v) is 8.88. The van der Waals surface area contributed by atoms with Gasteiger partial charge in [-0.05, 0) is 38.8 Å². The highest BCUT2D eigenvalue weighted by Gasteiger charge is 2.49. The van der Waals surface area contributed by atoms with Crippen LogP contribution in [0.1, 0.15) is 40.6 Å². The second kappa shape index (κ2) is 9.13. The zero-order valence-electron chi connectivity index (χ0n) is 19.9. The molecule has 1 unspecified atom stereocenters. The third-order valence-electron chi connectivity index (χ3n) is 6.37. The maximum absolute atomic E-state index is 13.1. The van der Waals surface area contributed by atoms with Gasteiger partial charge >= 0.3 is 6.03 Å². The van der Waals surface area contributed by atoms with E-state index in [9.17, 15) is 14.4 Å². The number of hydrogen-bond donors (Lipinski definition) is 2. The summed E-state index contributed by atoms with van der Waals surface area (Å²) in [4.78, 5) is 39.2. The fourth-order valence-electron chi connectivity index (χ4n) is 4.21. The highest BCUT2D eigenvalue weighted by Crippen LogP contribution is 2.28. The average Bonchev–Trinajstić information content (AvgIpc) is 3.20. The van der Waals surface area contributed by atoms with Crippen molar-refractivity contribution in [2.24, 2.45) is 0 Å². The van der Waals surface area contributed by atoms with Gasteiger partial charge in [-0.15, -0.1) is 0 Å². The van der Waals surface area contributed by atoms with Crippen LogP contribution in [0, 0.1) is 20.8 Å². The predicted molar refractivity (Wildman–Crippen MR) is 128 cm³/mol. The van der Waals surface area contributed by atoms with Gasteiger partial charge < -0.3 is 10.6 Å². The molecule has 0 saturated carbocycles. The number of urea groups is 1. The van der Waals surface area contributed by atoms with E-state index in [0.717, 1.165) is 33.0 Å². The van der Waals surface area contributed by atoms with E-state index in [4.69, 9.17) is 0 Å². The van der Waals surface area contributed by atoms with Gasteiger partial charge in [0, 0.05) is 17.8 Å². The van der Waals surface area contributed by atoms with Crippen LogP contribution in [0.5, 0.6) is 0 Å². The van der Waals surface area contributed by atoms with Crippen LogP contribution in [0.4, 0.5) is 4.79 Å². The average molecular weight is 460 g/mol. The molecule has 0 radical (unpaired) electrons. The van der Waals surface area contributed by atoms with E-state index in [1.165, 1.54) is 0 Å². The van der Waals surface area contributed by atoms with Crippen LogP contribution < -0.4 is 10.6 Å². The summed E-state index contributed by atoms with van der Waals surface area (Å²) >= 11 is 0. The largest absolute Gasteiger partial charge is 0.350 e. The van der Waals surface area contributed by atoms with E-state index in [0.29, 0.717) is 12.1 Å². The zero-order chi connectivity index (χ0) is 24.5. The molecule has 1 atom stereocenters. The molecule has 1 aromatic heterocycles. The standard InChI is InChI=1S/C26H29N5O3/c1-17-10-12-21(13-11-17)26(4)24(33)30(25(34)28-26)16-23(32)27-14-22-18(2)29-31(19(22)3)15-20-8-6-5-7-9-20/h5-13H,14-16H2,1-4H3,(H,27,32)(H,28,34). The lowest BCUT2D eigenvalue weighted by Crippen LogP contribution is -2.43. The van der Waals surface area contributed by atoms with Crippen molar-refractivity contribution in [3.05, 3.63) is 88.2 Å². The van der Waals surface area contributed by atoms with E-state index >= 15 is 0 Å². The first kappa shape index (κ1) is 23.2. The van der Waals surface area contributed by atoms with Crippen molar-refractivity contribution < 1.29 is 14.4 Å². The summed E-state index contributed by atoms with van der Waals surface area (Å²) in [7, 11) is 0. The molecule has 0 spiro atoms. The van der Waals surface area contributed by atoms with E-state index < -0.39 is 23.4 Å². The maximum atomic E-state index is 13.1. The molecule has 8 nitrogen and oxygen atoms in total. The second-order valence-electron chi connectivity index (χ2n) is 8.88. The summed E-state index contributed by atoms with van der Waals surface area (Å²) in [6, 6.07) is 16.9. The Bertz CT molecular complexity index is 1230. The molecular formula is C26H29N5O3. The van der Waals surface area contributed by atoms with Crippen molar-refractivity contribution in [1.29, 1.82) is 0 Å². The molecule has 1 aliphatic heterocycles. The number of carbonyl (C=O) groups is 3. The molecule has 34 heavy (non-hydrogen) atoms. The zero-order valence-corrected chi connectivity index (χ0v) is 19.9. The lowest BCUT2D eigenvalue weighted by molar-refractivity contribution is -0.134. The number of nitrogens with one attached hydrogen (secondary N) is 2. The van der Waals surface area contributed by atoms with Crippen molar-refractivity contribution in [3.8, 4) is 0 Å². The lowest BCUT2D eigenvalue weighted by atomic mass is 9.91. The normalized spacial score (nSPS) is 17.7. The number of rotatable bonds is 7. The number of aryl methyl sites for hydroxylation is 2. The predicted octanol–water partition coefficient (Wildman–Crippen LogP) is 2.94. The van der Waals surface area contributed by atoms with Crippen molar-refractivity contribution in [2.45, 2.75) is 46.3 Å². The molecule has 0 bridgehead atoms. The third-order valence-corrected chi connectivity index (χ3v) is 6.37. The van der Waals surface area contributed by atoms with Crippen LogP contribution in [0.2, 0.25) is 0 Å². The number of carbonyl (C=O) groups excluding carboxylic acids is 3. The van der Waals surface area contributed by atoms with Gasteiger partial charge in [-0.25, -0.2) is 4.79 Å². The summed E-state index contributed by atoms with van der Waals surface area (Å²) in [5.74, 6) is -0.856. The molecule has 1 fully saturated rings. The SMILES string of the molecule is Cc1ccc(C2(C)NC(=O)N(CC(=O)NCc3c(C)nn(Cc4ccccc4)c3C)C2=O)cc1. The summed E-state index contributed by atoms with van der Waals surface area (Å²) in [5.41, 5.74) is 4.38. The summed E-state index contributed by atoms with van der Waals surface area (Å²) in [6.45, 7) is 8.04. The maximum Gasteiger partial charge on any atom is 0.325 e. The van der Waals surface area contributed by atoms with E-state index in [-0.39, 0.29) is 13.1 Å². The van der Waals surface area contributed by atoms with E-state index in [1.807, 2.05) is 80.1 Å². The van der Waals surface area contributed by atoms with E-state index in [2.05, 4.69) is 15.7 Å². The fraction of sp³-hybridized carbons (Fsp3) is 0.308. The van der Waals surface area contributed by atoms with Crippen molar-refractivity contribution in [2.75, 3.05) is 6.54 Å². The highest BCUT2D eigenvalue weighted by molar-refractivity contribution is 6.09. The third kappa shape index (κ3) is 4.44. The topological polar surface area (TPSA) is 96.3 Å². The van der Waals surface area contributed by atoms with Crippen molar-refractivity contribution in [3.63, 3.8) is 0 Å².